The summed E-state index contributed by atoms with van der Waals surface area (Å²) < 4.78 is 19.2. The zero-order valence-electron chi connectivity index (χ0n) is 33.4. The Balaban J connectivity index is 1.23. The van der Waals surface area contributed by atoms with Gasteiger partial charge in [0.2, 0.25) is 5.91 Å². The van der Waals surface area contributed by atoms with Crippen LogP contribution in [-0.2, 0) is 51.2 Å². The molecule has 9 nitrogen and oxygen atoms in total. The van der Waals surface area contributed by atoms with Gasteiger partial charge in [0.05, 0.1) is 23.4 Å². The summed E-state index contributed by atoms with van der Waals surface area (Å²) >= 11 is 0. The van der Waals surface area contributed by atoms with Gasteiger partial charge in [-0.2, -0.15) is 5.26 Å². The second-order valence-corrected chi connectivity index (χ2v) is 15.5. The van der Waals surface area contributed by atoms with Crippen LogP contribution in [-0.4, -0.2) is 49.2 Å². The highest BCUT2D eigenvalue weighted by molar-refractivity contribution is 6.13. The monoisotopic (exact) mass is 772 g/mol. The molecule has 0 spiro atoms. The molecule has 1 atom stereocenters. The molecule has 0 aliphatic carbocycles. The average Bonchev–Trinajstić information content (AvgIpc) is 3.69. The predicted octanol–water partition coefficient (Wildman–Crippen LogP) is 8.35. The number of aromatic nitrogens is 2. The van der Waals surface area contributed by atoms with Crippen LogP contribution in [0.1, 0.15) is 72.5 Å². The first-order chi connectivity index (χ1) is 27.9. The first-order valence-corrected chi connectivity index (χ1v) is 19.6. The molecule has 0 saturated heterocycles. The molecule has 0 bridgehead atoms. The fourth-order valence-corrected chi connectivity index (χ4v) is 8.49. The zero-order valence-corrected chi connectivity index (χ0v) is 33.4. The average molecular weight is 773 g/mol. The number of amides is 3. The van der Waals surface area contributed by atoms with Crippen LogP contribution in [0.5, 0.6) is 0 Å². The summed E-state index contributed by atoms with van der Waals surface area (Å²) in [7, 11) is 3.61. The molecule has 4 heterocycles. The first-order valence-electron chi connectivity index (χ1n) is 19.6. The van der Waals surface area contributed by atoms with Crippen molar-refractivity contribution in [3.63, 3.8) is 0 Å². The van der Waals surface area contributed by atoms with E-state index < -0.39 is 11.7 Å². The highest BCUT2D eigenvalue weighted by atomic mass is 19.1. The number of rotatable bonds is 7. The van der Waals surface area contributed by atoms with Crippen molar-refractivity contribution in [2.24, 2.45) is 14.1 Å². The Morgan fingerprint density at radius 3 is 2.21 bits per heavy atom. The van der Waals surface area contributed by atoms with E-state index in [1.165, 1.54) is 16.5 Å². The molecule has 2 aliphatic heterocycles. The molecule has 2 aliphatic rings. The molecule has 1 unspecified atom stereocenters. The van der Waals surface area contributed by atoms with E-state index in [9.17, 15) is 19.6 Å². The summed E-state index contributed by atoms with van der Waals surface area (Å²) in [5.74, 6) is -1.15. The lowest BCUT2D eigenvalue weighted by Gasteiger charge is -2.36. The molecule has 10 heteroatoms. The Hall–Kier alpha value is -6.73. The molecule has 8 rings (SSSR count). The van der Waals surface area contributed by atoms with E-state index in [0.717, 1.165) is 28.7 Å². The van der Waals surface area contributed by atoms with Crippen LogP contribution in [0, 0.1) is 31.0 Å². The predicted molar refractivity (Wildman–Crippen MR) is 222 cm³/mol. The number of carbonyl (C=O) groups excluding carboxylic acids is 3. The number of para-hydroxylation sites is 1. The first kappa shape index (κ1) is 38.2. The second kappa shape index (κ2) is 15.3. The Kier molecular flexibility index (Phi) is 10.1. The quantitative estimate of drug-likeness (QED) is 0.163. The molecule has 3 amide bonds. The van der Waals surface area contributed by atoms with Gasteiger partial charge in [-0.05, 0) is 97.8 Å². The summed E-state index contributed by atoms with van der Waals surface area (Å²) in [6.45, 7) is 7.09. The summed E-state index contributed by atoms with van der Waals surface area (Å²) in [6, 6.07) is 33.5. The van der Waals surface area contributed by atoms with Gasteiger partial charge in [-0.3, -0.25) is 19.3 Å². The van der Waals surface area contributed by atoms with E-state index in [-0.39, 0.29) is 23.5 Å². The standard InChI is InChI=1S/C48H45FN6O3/c1-30-21-34-15-9-10-16-36(34)29-54(30)47(57)41-24-37-28-53(46(56)22-33-13-7-6-8-14-33)20-19-35(37)23-40(41)45-26-39(31(2)52(45)5)48(58)55(43-18-12-11-17-42(43)49)44-25-38(27-50)51(4)32(44)3/h6-18,23-26,30H,19-22,28-29H2,1-5H3. The van der Waals surface area contributed by atoms with Gasteiger partial charge in [-0.1, -0.05) is 66.7 Å². The van der Waals surface area contributed by atoms with Gasteiger partial charge in [-0.15, -0.1) is 0 Å². The van der Waals surface area contributed by atoms with Gasteiger partial charge in [0, 0.05) is 68.0 Å². The van der Waals surface area contributed by atoms with Crippen molar-refractivity contribution in [2.45, 2.75) is 59.2 Å². The molecule has 4 aromatic carbocycles. The van der Waals surface area contributed by atoms with Crippen LogP contribution in [0.25, 0.3) is 11.3 Å². The number of nitriles is 1. The van der Waals surface area contributed by atoms with E-state index in [1.807, 2.05) is 76.9 Å². The van der Waals surface area contributed by atoms with Crippen LogP contribution in [0.4, 0.5) is 15.8 Å². The summed E-state index contributed by atoms with van der Waals surface area (Å²) in [4.78, 5) is 48.6. The van der Waals surface area contributed by atoms with Gasteiger partial charge in [-0.25, -0.2) is 4.39 Å². The number of fused-ring (bicyclic) bond motifs is 2. The van der Waals surface area contributed by atoms with Gasteiger partial charge < -0.3 is 18.9 Å². The van der Waals surface area contributed by atoms with E-state index in [4.69, 9.17) is 0 Å². The number of halogens is 1. The maximum absolute atomic E-state index is 15.6. The minimum Gasteiger partial charge on any atom is -0.347 e. The number of carbonyl (C=O) groups is 3. The van der Waals surface area contributed by atoms with E-state index in [2.05, 4.69) is 31.2 Å². The number of anilines is 2. The van der Waals surface area contributed by atoms with Crippen molar-refractivity contribution in [1.82, 2.24) is 18.9 Å². The van der Waals surface area contributed by atoms with E-state index >= 15 is 4.39 Å². The number of benzene rings is 4. The van der Waals surface area contributed by atoms with Crippen molar-refractivity contribution in [2.75, 3.05) is 11.4 Å². The molecular formula is C48H45FN6O3. The molecule has 0 radical (unpaired) electrons. The highest BCUT2D eigenvalue weighted by Crippen LogP contribution is 2.38. The van der Waals surface area contributed by atoms with Gasteiger partial charge in [0.1, 0.15) is 17.6 Å². The van der Waals surface area contributed by atoms with E-state index in [0.29, 0.717) is 77.6 Å². The third-order valence-corrected chi connectivity index (χ3v) is 12.1. The van der Waals surface area contributed by atoms with Crippen LogP contribution in [0.15, 0.2) is 103 Å². The van der Waals surface area contributed by atoms with Crippen LogP contribution < -0.4 is 4.90 Å². The van der Waals surface area contributed by atoms with Crippen LogP contribution >= 0.6 is 0 Å². The number of nitrogens with zero attached hydrogens (tertiary/aromatic N) is 6. The third-order valence-electron chi connectivity index (χ3n) is 12.1. The molecule has 0 saturated carbocycles. The smallest absolute Gasteiger partial charge is 0.264 e. The Labute approximate surface area is 338 Å². The lowest BCUT2D eigenvalue weighted by atomic mass is 9.89. The van der Waals surface area contributed by atoms with Crippen LogP contribution in [0.2, 0.25) is 0 Å². The fraction of sp³-hybridized carbons (Fsp3) is 0.250. The van der Waals surface area contributed by atoms with Gasteiger partial charge in [0.25, 0.3) is 11.8 Å². The van der Waals surface area contributed by atoms with Gasteiger partial charge >= 0.3 is 0 Å². The third kappa shape index (κ3) is 6.76. The molecular weight excluding hydrogens is 728 g/mol. The summed E-state index contributed by atoms with van der Waals surface area (Å²) in [5.41, 5.74) is 9.46. The Bertz CT molecular complexity index is 2650. The minimum absolute atomic E-state index is 0.0335. The molecule has 0 fully saturated rings. The highest BCUT2D eigenvalue weighted by Gasteiger charge is 2.34. The lowest BCUT2D eigenvalue weighted by Crippen LogP contribution is -2.43. The van der Waals surface area contributed by atoms with Crippen molar-refractivity contribution in [3.05, 3.63) is 165 Å². The molecule has 2 aromatic heterocycles. The minimum atomic E-state index is -0.581. The largest absolute Gasteiger partial charge is 0.347 e. The summed E-state index contributed by atoms with van der Waals surface area (Å²) in [5, 5.41) is 9.84. The van der Waals surface area contributed by atoms with E-state index in [1.54, 1.807) is 48.9 Å². The molecule has 58 heavy (non-hydrogen) atoms. The van der Waals surface area contributed by atoms with Crippen molar-refractivity contribution in [3.8, 4) is 17.3 Å². The number of hydrogen-bond acceptors (Lipinski definition) is 4. The molecule has 292 valence electrons. The van der Waals surface area contributed by atoms with Crippen molar-refractivity contribution >= 4 is 29.1 Å². The Morgan fingerprint density at radius 1 is 0.776 bits per heavy atom. The maximum Gasteiger partial charge on any atom is 0.264 e. The molecule has 0 N–H and O–H groups in total. The topological polar surface area (TPSA) is 94.6 Å². The Morgan fingerprint density at radius 2 is 1.48 bits per heavy atom. The van der Waals surface area contributed by atoms with Crippen molar-refractivity contribution in [1.29, 1.82) is 5.26 Å². The maximum atomic E-state index is 15.6. The SMILES string of the molecule is Cc1c(N(C(=O)c2cc(-c3cc4c(cc3C(=O)N3Cc5ccccc5CC3C)CN(C(=O)Cc3ccccc3)CC4)n(C)c2C)c2ccccc2F)cc(C#N)n1C. The second-order valence-electron chi connectivity index (χ2n) is 15.5. The van der Waals surface area contributed by atoms with Crippen LogP contribution in [0.3, 0.4) is 0 Å². The fourth-order valence-electron chi connectivity index (χ4n) is 8.49. The molecule has 6 aromatic rings. The number of hydrogen-bond donors (Lipinski definition) is 0. The van der Waals surface area contributed by atoms with Gasteiger partial charge in [0.15, 0.2) is 0 Å². The zero-order chi connectivity index (χ0) is 40.8. The van der Waals surface area contributed by atoms with Crippen molar-refractivity contribution < 1.29 is 18.8 Å². The lowest BCUT2D eigenvalue weighted by molar-refractivity contribution is -0.131. The summed E-state index contributed by atoms with van der Waals surface area (Å²) in [6.07, 6.45) is 1.63. The normalized spacial score (nSPS) is 14.7.